The van der Waals surface area contributed by atoms with Gasteiger partial charge in [-0.2, -0.15) is 0 Å². The molecule has 0 aromatic heterocycles. The number of hydrogen-bond donors (Lipinski definition) is 1. The molecule has 21 heavy (non-hydrogen) atoms. The van der Waals surface area contributed by atoms with Crippen LogP contribution >= 0.6 is 10.7 Å². The molecule has 1 fully saturated rings. The van der Waals surface area contributed by atoms with Crippen molar-refractivity contribution in [1.82, 2.24) is 5.32 Å². The Kier molecular flexibility index (Phi) is 5.24. The number of hydrogen-bond acceptors (Lipinski definition) is 4. The van der Waals surface area contributed by atoms with Crippen molar-refractivity contribution < 1.29 is 17.9 Å². The van der Waals surface area contributed by atoms with Gasteiger partial charge >= 0.3 is 0 Å². The maximum absolute atomic E-state index is 12.1. The zero-order valence-electron chi connectivity index (χ0n) is 11.8. The van der Waals surface area contributed by atoms with Crippen molar-refractivity contribution in [2.45, 2.75) is 37.2 Å². The Morgan fingerprint density at radius 2 is 2.19 bits per heavy atom. The van der Waals surface area contributed by atoms with Gasteiger partial charge in [-0.1, -0.05) is 6.07 Å². The largest absolute Gasteiger partial charge is 0.376 e. The molecule has 0 radical (unpaired) electrons. The van der Waals surface area contributed by atoms with E-state index < -0.39 is 9.05 Å². The monoisotopic (exact) mass is 331 g/mol. The molecule has 1 saturated heterocycles. The smallest absolute Gasteiger partial charge is 0.261 e. The Balaban J connectivity index is 2.05. The lowest BCUT2D eigenvalue weighted by Crippen LogP contribution is -2.35. The molecule has 1 heterocycles. The van der Waals surface area contributed by atoms with E-state index in [4.69, 9.17) is 15.4 Å². The summed E-state index contributed by atoms with van der Waals surface area (Å²) in [5.41, 5.74) is 0.785. The van der Waals surface area contributed by atoms with Gasteiger partial charge in [-0.25, -0.2) is 8.42 Å². The average molecular weight is 332 g/mol. The van der Waals surface area contributed by atoms with Gasteiger partial charge in [0.1, 0.15) is 0 Å². The maximum Gasteiger partial charge on any atom is 0.261 e. The Hall–Kier alpha value is -1.11. The van der Waals surface area contributed by atoms with Crippen LogP contribution in [0, 0.1) is 6.92 Å². The topological polar surface area (TPSA) is 72.5 Å². The molecule has 1 aliphatic rings. The van der Waals surface area contributed by atoms with Gasteiger partial charge in [-0.15, -0.1) is 0 Å². The third kappa shape index (κ3) is 4.43. The van der Waals surface area contributed by atoms with Crippen LogP contribution in [0.15, 0.2) is 23.1 Å². The van der Waals surface area contributed by atoms with E-state index in [2.05, 4.69) is 5.32 Å². The van der Waals surface area contributed by atoms with Gasteiger partial charge in [0.05, 0.1) is 11.0 Å². The molecular weight excluding hydrogens is 314 g/mol. The summed E-state index contributed by atoms with van der Waals surface area (Å²) in [6.45, 7) is 2.78. The second-order valence-electron chi connectivity index (χ2n) is 5.12. The molecule has 1 aliphatic heterocycles. The summed E-state index contributed by atoms with van der Waals surface area (Å²) < 4.78 is 28.4. The molecule has 0 saturated carbocycles. The molecule has 2 rings (SSSR count). The van der Waals surface area contributed by atoms with E-state index in [0.717, 1.165) is 25.9 Å². The standard InChI is InChI=1S/C14H18ClNO4S/c1-10-5-6-11(8-13(10)21(15,18)19)14(17)16-9-12-4-2-3-7-20-12/h5-6,8,12H,2-4,7,9H2,1H3,(H,16,17). The van der Waals surface area contributed by atoms with E-state index in [1.165, 1.54) is 6.07 Å². The summed E-state index contributed by atoms with van der Waals surface area (Å²) in [5.74, 6) is -0.328. The number of carbonyl (C=O) groups is 1. The predicted molar refractivity (Wildman–Crippen MR) is 80.1 cm³/mol. The fourth-order valence-electron chi connectivity index (χ4n) is 2.28. The number of nitrogens with one attached hydrogen (secondary N) is 1. The number of amides is 1. The van der Waals surface area contributed by atoms with Gasteiger partial charge in [-0.05, 0) is 43.9 Å². The van der Waals surface area contributed by atoms with Gasteiger partial charge in [0.2, 0.25) is 0 Å². The Morgan fingerprint density at radius 1 is 1.43 bits per heavy atom. The van der Waals surface area contributed by atoms with E-state index in [1.54, 1.807) is 19.1 Å². The van der Waals surface area contributed by atoms with E-state index in [0.29, 0.717) is 12.1 Å². The molecule has 7 heteroatoms. The second kappa shape index (κ2) is 6.77. The van der Waals surface area contributed by atoms with Crippen LogP contribution in [-0.2, 0) is 13.8 Å². The lowest BCUT2D eigenvalue weighted by Gasteiger charge is -2.22. The molecule has 1 N–H and O–H groups in total. The Bertz CT molecular complexity index is 624. The molecule has 1 unspecified atom stereocenters. The predicted octanol–water partition coefficient (Wildman–Crippen LogP) is 2.22. The molecule has 1 amide bonds. The van der Waals surface area contributed by atoms with Crippen LogP contribution in [0.2, 0.25) is 0 Å². The fraction of sp³-hybridized carbons (Fsp3) is 0.500. The molecule has 116 valence electrons. The average Bonchev–Trinajstić information content (AvgIpc) is 2.45. The van der Waals surface area contributed by atoms with Gasteiger partial charge in [0, 0.05) is 29.4 Å². The molecule has 0 bridgehead atoms. The molecule has 1 aromatic carbocycles. The summed E-state index contributed by atoms with van der Waals surface area (Å²) >= 11 is 0. The maximum atomic E-state index is 12.1. The minimum Gasteiger partial charge on any atom is -0.376 e. The number of benzene rings is 1. The highest BCUT2D eigenvalue weighted by Crippen LogP contribution is 2.21. The number of carbonyl (C=O) groups excluding carboxylic acids is 1. The highest BCUT2D eigenvalue weighted by Gasteiger charge is 2.18. The van der Waals surface area contributed by atoms with Crippen LogP contribution in [-0.4, -0.2) is 33.6 Å². The fourth-order valence-corrected chi connectivity index (χ4v) is 3.50. The first-order chi connectivity index (χ1) is 9.88. The van der Waals surface area contributed by atoms with Gasteiger partial charge in [0.15, 0.2) is 0 Å². The van der Waals surface area contributed by atoms with E-state index in [1.807, 2.05) is 0 Å². The van der Waals surface area contributed by atoms with E-state index in [9.17, 15) is 13.2 Å². The number of ether oxygens (including phenoxy) is 1. The highest BCUT2D eigenvalue weighted by molar-refractivity contribution is 8.13. The first-order valence-electron chi connectivity index (χ1n) is 6.83. The highest BCUT2D eigenvalue weighted by atomic mass is 35.7. The van der Waals surface area contributed by atoms with Gasteiger partial charge in [0.25, 0.3) is 15.0 Å². The molecule has 0 aliphatic carbocycles. The molecular formula is C14H18ClNO4S. The number of rotatable bonds is 4. The van der Waals surface area contributed by atoms with Crippen molar-refractivity contribution in [3.05, 3.63) is 29.3 Å². The third-order valence-corrected chi connectivity index (χ3v) is 4.94. The van der Waals surface area contributed by atoms with Crippen LogP contribution in [0.3, 0.4) is 0 Å². The van der Waals surface area contributed by atoms with Crippen molar-refractivity contribution in [1.29, 1.82) is 0 Å². The zero-order chi connectivity index (χ0) is 15.5. The SMILES string of the molecule is Cc1ccc(C(=O)NCC2CCCCO2)cc1S(=O)(=O)Cl. The number of aryl methyl sites for hydroxylation is 1. The van der Waals surface area contributed by atoms with Crippen LogP contribution in [0.5, 0.6) is 0 Å². The lowest BCUT2D eigenvalue weighted by molar-refractivity contribution is 0.0169. The second-order valence-corrected chi connectivity index (χ2v) is 7.65. The first-order valence-corrected chi connectivity index (χ1v) is 9.14. The third-order valence-electron chi connectivity index (χ3n) is 3.48. The summed E-state index contributed by atoms with van der Waals surface area (Å²) in [4.78, 5) is 12.0. The minimum absolute atomic E-state index is 0.0318. The molecule has 0 spiro atoms. The van der Waals surface area contributed by atoms with Crippen molar-refractivity contribution in [2.75, 3.05) is 13.2 Å². The Labute approximate surface area is 129 Å². The quantitative estimate of drug-likeness (QED) is 0.859. The minimum atomic E-state index is -3.86. The summed E-state index contributed by atoms with van der Waals surface area (Å²) in [6.07, 6.45) is 3.11. The van der Waals surface area contributed by atoms with E-state index in [-0.39, 0.29) is 22.5 Å². The zero-order valence-corrected chi connectivity index (χ0v) is 13.3. The van der Waals surface area contributed by atoms with Gasteiger partial charge < -0.3 is 10.1 Å². The van der Waals surface area contributed by atoms with Crippen LogP contribution in [0.25, 0.3) is 0 Å². The normalized spacial score (nSPS) is 19.2. The lowest BCUT2D eigenvalue weighted by atomic mass is 10.1. The summed E-state index contributed by atoms with van der Waals surface area (Å²) in [6, 6.07) is 4.45. The molecule has 1 aromatic rings. The Morgan fingerprint density at radius 3 is 2.81 bits per heavy atom. The van der Waals surface area contributed by atoms with E-state index >= 15 is 0 Å². The van der Waals surface area contributed by atoms with Crippen LogP contribution in [0.1, 0.15) is 35.2 Å². The van der Waals surface area contributed by atoms with Crippen molar-refractivity contribution in [2.24, 2.45) is 0 Å². The van der Waals surface area contributed by atoms with Crippen LogP contribution < -0.4 is 5.32 Å². The first kappa shape index (κ1) is 16.3. The molecule has 5 nitrogen and oxygen atoms in total. The molecule has 1 atom stereocenters. The van der Waals surface area contributed by atoms with Crippen molar-refractivity contribution >= 4 is 25.6 Å². The van der Waals surface area contributed by atoms with Gasteiger partial charge in [-0.3, -0.25) is 4.79 Å². The number of halogens is 1. The van der Waals surface area contributed by atoms with Crippen LogP contribution in [0.4, 0.5) is 0 Å². The summed E-state index contributed by atoms with van der Waals surface area (Å²) in [5, 5.41) is 2.76. The summed E-state index contributed by atoms with van der Waals surface area (Å²) in [7, 11) is 1.50. The van der Waals surface area contributed by atoms with Crippen molar-refractivity contribution in [3.63, 3.8) is 0 Å². The van der Waals surface area contributed by atoms with Crippen molar-refractivity contribution in [3.8, 4) is 0 Å².